The molecule has 5 heteroatoms. The number of carbonyl (C=O) groups is 2. The van der Waals surface area contributed by atoms with Crippen LogP contribution in [0.5, 0.6) is 0 Å². The molecule has 2 aliphatic rings. The van der Waals surface area contributed by atoms with Crippen molar-refractivity contribution in [3.05, 3.63) is 0 Å². The summed E-state index contributed by atoms with van der Waals surface area (Å²) in [7, 11) is 0. The number of likely N-dealkylation sites (tertiary alicyclic amines) is 1. The molecule has 2 N–H and O–H groups in total. The molecule has 0 spiro atoms. The van der Waals surface area contributed by atoms with Gasteiger partial charge in [-0.2, -0.15) is 0 Å². The molecule has 1 aliphatic heterocycles. The van der Waals surface area contributed by atoms with Crippen molar-refractivity contribution in [2.75, 3.05) is 13.1 Å². The summed E-state index contributed by atoms with van der Waals surface area (Å²) in [6, 6.07) is 0.329. The Bertz CT molecular complexity index is 368. The number of carbonyl (C=O) groups excluding carboxylic acids is 1. The van der Waals surface area contributed by atoms with E-state index in [1.165, 1.54) is 0 Å². The van der Waals surface area contributed by atoms with Gasteiger partial charge >= 0.3 is 12.0 Å². The van der Waals surface area contributed by atoms with Gasteiger partial charge in [0, 0.05) is 25.6 Å². The summed E-state index contributed by atoms with van der Waals surface area (Å²) in [5.74, 6) is -0.413. The van der Waals surface area contributed by atoms with E-state index >= 15 is 0 Å². The van der Waals surface area contributed by atoms with Gasteiger partial charge in [0.2, 0.25) is 0 Å². The highest BCUT2D eigenvalue weighted by molar-refractivity contribution is 5.75. The van der Waals surface area contributed by atoms with Crippen molar-refractivity contribution < 1.29 is 14.7 Å². The Kier molecular flexibility index (Phi) is 4.02. The quantitative estimate of drug-likeness (QED) is 0.820. The molecular weight excluding hydrogens is 244 g/mol. The van der Waals surface area contributed by atoms with Gasteiger partial charge in [0.25, 0.3) is 0 Å². The molecule has 108 valence electrons. The molecule has 2 rings (SSSR count). The van der Waals surface area contributed by atoms with Crippen LogP contribution in [-0.4, -0.2) is 41.1 Å². The summed E-state index contributed by atoms with van der Waals surface area (Å²) < 4.78 is 0. The van der Waals surface area contributed by atoms with Crippen LogP contribution in [0, 0.1) is 11.3 Å². The third kappa shape index (κ3) is 3.85. The fraction of sp³-hybridized carbons (Fsp3) is 0.857. The monoisotopic (exact) mass is 268 g/mol. The second kappa shape index (κ2) is 5.39. The molecule has 19 heavy (non-hydrogen) atoms. The third-order valence-electron chi connectivity index (χ3n) is 4.38. The van der Waals surface area contributed by atoms with Crippen LogP contribution >= 0.6 is 0 Å². The summed E-state index contributed by atoms with van der Waals surface area (Å²) in [5, 5.41) is 11.8. The number of amides is 2. The van der Waals surface area contributed by atoms with E-state index in [0.717, 1.165) is 25.8 Å². The maximum Gasteiger partial charge on any atom is 0.317 e. The molecule has 1 saturated carbocycles. The van der Waals surface area contributed by atoms with E-state index in [1.807, 2.05) is 4.90 Å². The number of urea groups is 1. The summed E-state index contributed by atoms with van der Waals surface area (Å²) >= 11 is 0. The van der Waals surface area contributed by atoms with Crippen LogP contribution in [0.15, 0.2) is 0 Å². The van der Waals surface area contributed by atoms with Gasteiger partial charge in [-0.1, -0.05) is 13.8 Å². The van der Waals surface area contributed by atoms with E-state index in [0.29, 0.717) is 24.9 Å². The topological polar surface area (TPSA) is 69.6 Å². The van der Waals surface area contributed by atoms with Crippen molar-refractivity contribution in [3.8, 4) is 0 Å². The minimum Gasteiger partial charge on any atom is -0.481 e. The molecule has 0 aromatic carbocycles. The van der Waals surface area contributed by atoms with E-state index in [1.54, 1.807) is 0 Å². The first-order valence-corrected chi connectivity index (χ1v) is 7.16. The van der Waals surface area contributed by atoms with Crippen LogP contribution in [0.25, 0.3) is 0 Å². The van der Waals surface area contributed by atoms with Gasteiger partial charge in [-0.3, -0.25) is 4.79 Å². The zero-order chi connectivity index (χ0) is 14.0. The molecule has 5 nitrogen and oxygen atoms in total. The molecule has 2 fully saturated rings. The summed E-state index contributed by atoms with van der Waals surface area (Å²) in [4.78, 5) is 24.6. The molecule has 2 unspecified atom stereocenters. The fourth-order valence-corrected chi connectivity index (χ4v) is 2.77. The second-order valence-electron chi connectivity index (χ2n) is 6.58. The third-order valence-corrected chi connectivity index (χ3v) is 4.38. The van der Waals surface area contributed by atoms with Crippen molar-refractivity contribution in [1.29, 1.82) is 0 Å². The van der Waals surface area contributed by atoms with Crippen molar-refractivity contribution in [2.45, 2.75) is 52.0 Å². The first kappa shape index (κ1) is 14.2. The highest BCUT2D eigenvalue weighted by Gasteiger charge is 2.47. The van der Waals surface area contributed by atoms with Crippen LogP contribution in [0.2, 0.25) is 0 Å². The number of piperidine rings is 1. The molecule has 0 radical (unpaired) electrons. The number of nitrogens with one attached hydrogen (secondary N) is 1. The van der Waals surface area contributed by atoms with E-state index in [2.05, 4.69) is 19.2 Å². The maximum absolute atomic E-state index is 12.1. The summed E-state index contributed by atoms with van der Waals surface area (Å²) in [6.07, 6.45) is 3.94. The van der Waals surface area contributed by atoms with Gasteiger partial charge in [0.05, 0.1) is 0 Å². The zero-order valence-corrected chi connectivity index (χ0v) is 11.8. The zero-order valence-electron chi connectivity index (χ0n) is 11.8. The van der Waals surface area contributed by atoms with Gasteiger partial charge in [-0.15, -0.1) is 0 Å². The lowest BCUT2D eigenvalue weighted by molar-refractivity contribution is -0.137. The van der Waals surface area contributed by atoms with E-state index in [-0.39, 0.29) is 17.9 Å². The van der Waals surface area contributed by atoms with Gasteiger partial charge in [-0.25, -0.2) is 4.79 Å². The largest absolute Gasteiger partial charge is 0.481 e. The Labute approximate surface area is 114 Å². The van der Waals surface area contributed by atoms with Crippen molar-refractivity contribution in [1.82, 2.24) is 10.2 Å². The molecular formula is C14H24N2O3. The number of nitrogens with zero attached hydrogens (tertiary/aromatic N) is 1. The Balaban J connectivity index is 1.77. The highest BCUT2D eigenvalue weighted by atomic mass is 16.4. The van der Waals surface area contributed by atoms with Gasteiger partial charge in [-0.05, 0) is 37.0 Å². The standard InChI is InChI=1S/C14H24N2O3/c1-14(2)8-11(14)15-13(19)16-7-3-4-10(9-16)5-6-12(17)18/h10-11H,3-9H2,1-2H3,(H,15,19)(H,17,18). The predicted molar refractivity (Wildman–Crippen MR) is 71.9 cm³/mol. The predicted octanol–water partition coefficient (Wildman–Crippen LogP) is 2.07. The molecule has 2 atom stereocenters. The summed E-state index contributed by atoms with van der Waals surface area (Å²) in [6.45, 7) is 5.81. The molecule has 2 amide bonds. The first-order chi connectivity index (χ1) is 8.88. The number of hydrogen-bond acceptors (Lipinski definition) is 2. The van der Waals surface area contributed by atoms with Crippen LogP contribution in [0.1, 0.15) is 46.0 Å². The van der Waals surface area contributed by atoms with Gasteiger partial charge in [0.15, 0.2) is 0 Å². The van der Waals surface area contributed by atoms with Crippen LogP contribution in [0.3, 0.4) is 0 Å². The molecule has 1 aliphatic carbocycles. The minimum atomic E-state index is -0.749. The highest BCUT2D eigenvalue weighted by Crippen LogP contribution is 2.44. The minimum absolute atomic E-state index is 0.0237. The molecule has 0 aromatic rings. The van der Waals surface area contributed by atoms with Gasteiger partial charge < -0.3 is 15.3 Å². The lowest BCUT2D eigenvalue weighted by Crippen LogP contribution is -2.46. The molecule has 0 aromatic heterocycles. The summed E-state index contributed by atoms with van der Waals surface area (Å²) in [5.41, 5.74) is 0.244. The van der Waals surface area contributed by atoms with Crippen molar-refractivity contribution >= 4 is 12.0 Å². The van der Waals surface area contributed by atoms with E-state index in [4.69, 9.17) is 5.11 Å². The van der Waals surface area contributed by atoms with Crippen molar-refractivity contribution in [2.24, 2.45) is 11.3 Å². The Morgan fingerprint density at radius 3 is 2.68 bits per heavy atom. The molecule has 1 saturated heterocycles. The van der Waals surface area contributed by atoms with E-state index in [9.17, 15) is 9.59 Å². The average Bonchev–Trinajstić information content (AvgIpc) is 2.94. The van der Waals surface area contributed by atoms with Gasteiger partial charge in [0.1, 0.15) is 0 Å². The molecule has 0 bridgehead atoms. The lowest BCUT2D eigenvalue weighted by atomic mass is 9.93. The second-order valence-corrected chi connectivity index (χ2v) is 6.58. The smallest absolute Gasteiger partial charge is 0.317 e. The van der Waals surface area contributed by atoms with Crippen LogP contribution in [-0.2, 0) is 4.79 Å². The fourth-order valence-electron chi connectivity index (χ4n) is 2.77. The first-order valence-electron chi connectivity index (χ1n) is 7.16. The van der Waals surface area contributed by atoms with E-state index < -0.39 is 5.97 Å². The number of hydrogen-bond donors (Lipinski definition) is 2. The Hall–Kier alpha value is -1.26. The van der Waals surface area contributed by atoms with Crippen LogP contribution < -0.4 is 5.32 Å². The normalized spacial score (nSPS) is 28.8. The Morgan fingerprint density at radius 2 is 2.11 bits per heavy atom. The maximum atomic E-state index is 12.1. The van der Waals surface area contributed by atoms with Crippen LogP contribution in [0.4, 0.5) is 4.79 Å². The molecule has 1 heterocycles. The SMILES string of the molecule is CC1(C)CC1NC(=O)N1CCCC(CCC(=O)O)C1. The number of rotatable bonds is 4. The number of carboxylic acid groups (broad SMARTS) is 1. The number of aliphatic carboxylic acids is 1. The lowest BCUT2D eigenvalue weighted by Gasteiger charge is -2.32. The number of carboxylic acids is 1. The Morgan fingerprint density at radius 1 is 1.42 bits per heavy atom. The average molecular weight is 268 g/mol. The van der Waals surface area contributed by atoms with Crippen molar-refractivity contribution in [3.63, 3.8) is 0 Å².